The standard InChI is InChI=1S/C11H22O/c1-6-11-9(4)7(2)8(3)10(5)12-11/h7-11H,6H2,1-5H3/t7-,8?,9-,10-,11?/m0/s1. The minimum Gasteiger partial charge on any atom is -0.375 e. The molecule has 0 aromatic heterocycles. The lowest BCUT2D eigenvalue weighted by atomic mass is 9.76. The second kappa shape index (κ2) is 3.78. The third-order valence-corrected chi connectivity index (χ3v) is 3.78. The molecule has 5 atom stereocenters. The highest BCUT2D eigenvalue weighted by atomic mass is 16.5. The Morgan fingerprint density at radius 2 is 1.50 bits per heavy atom. The molecule has 72 valence electrons. The van der Waals surface area contributed by atoms with Gasteiger partial charge in [-0.25, -0.2) is 0 Å². The molecule has 1 rings (SSSR count). The number of hydrogen-bond acceptors (Lipinski definition) is 1. The zero-order chi connectivity index (χ0) is 9.30. The molecule has 1 aliphatic heterocycles. The van der Waals surface area contributed by atoms with E-state index >= 15 is 0 Å². The van der Waals surface area contributed by atoms with Gasteiger partial charge in [0, 0.05) is 0 Å². The van der Waals surface area contributed by atoms with E-state index in [4.69, 9.17) is 4.74 Å². The van der Waals surface area contributed by atoms with Crippen molar-refractivity contribution >= 4 is 0 Å². The van der Waals surface area contributed by atoms with Gasteiger partial charge in [0.05, 0.1) is 12.2 Å². The van der Waals surface area contributed by atoms with Crippen molar-refractivity contribution in [2.45, 2.75) is 53.2 Å². The maximum atomic E-state index is 5.93. The molecular weight excluding hydrogens is 148 g/mol. The fraction of sp³-hybridized carbons (Fsp3) is 1.00. The number of ether oxygens (including phenoxy) is 1. The van der Waals surface area contributed by atoms with Crippen molar-refractivity contribution in [2.75, 3.05) is 0 Å². The zero-order valence-electron chi connectivity index (χ0n) is 9.00. The van der Waals surface area contributed by atoms with Gasteiger partial charge in [-0.05, 0) is 31.1 Å². The number of rotatable bonds is 1. The van der Waals surface area contributed by atoms with Crippen LogP contribution in [0.1, 0.15) is 41.0 Å². The van der Waals surface area contributed by atoms with Crippen LogP contribution in [0.2, 0.25) is 0 Å². The van der Waals surface area contributed by atoms with Crippen molar-refractivity contribution in [3.8, 4) is 0 Å². The molecule has 0 aromatic carbocycles. The van der Waals surface area contributed by atoms with E-state index in [9.17, 15) is 0 Å². The molecule has 2 unspecified atom stereocenters. The Balaban J connectivity index is 2.63. The van der Waals surface area contributed by atoms with Crippen LogP contribution in [0, 0.1) is 17.8 Å². The van der Waals surface area contributed by atoms with Gasteiger partial charge >= 0.3 is 0 Å². The first kappa shape index (κ1) is 10.0. The highest BCUT2D eigenvalue weighted by Gasteiger charge is 2.35. The summed E-state index contributed by atoms with van der Waals surface area (Å²) in [6, 6.07) is 0. The van der Waals surface area contributed by atoms with Crippen LogP contribution in [0.5, 0.6) is 0 Å². The average Bonchev–Trinajstić information content (AvgIpc) is 2.08. The van der Waals surface area contributed by atoms with Crippen molar-refractivity contribution in [3.05, 3.63) is 0 Å². The van der Waals surface area contributed by atoms with Gasteiger partial charge in [0.1, 0.15) is 0 Å². The van der Waals surface area contributed by atoms with Crippen LogP contribution in [0.25, 0.3) is 0 Å². The molecule has 1 aliphatic rings. The highest BCUT2D eigenvalue weighted by molar-refractivity contribution is 4.83. The lowest BCUT2D eigenvalue weighted by Crippen LogP contribution is -2.42. The van der Waals surface area contributed by atoms with E-state index in [-0.39, 0.29) is 0 Å². The number of hydrogen-bond donors (Lipinski definition) is 0. The van der Waals surface area contributed by atoms with Gasteiger partial charge in [-0.1, -0.05) is 27.7 Å². The van der Waals surface area contributed by atoms with Crippen LogP contribution in [-0.4, -0.2) is 12.2 Å². The molecule has 1 heteroatoms. The van der Waals surface area contributed by atoms with E-state index in [1.807, 2.05) is 0 Å². The monoisotopic (exact) mass is 170 g/mol. The fourth-order valence-electron chi connectivity index (χ4n) is 2.24. The van der Waals surface area contributed by atoms with E-state index in [0.29, 0.717) is 18.1 Å². The first-order chi connectivity index (χ1) is 5.57. The van der Waals surface area contributed by atoms with Gasteiger partial charge in [-0.2, -0.15) is 0 Å². The summed E-state index contributed by atoms with van der Waals surface area (Å²) in [4.78, 5) is 0. The Kier molecular flexibility index (Phi) is 3.16. The molecule has 0 saturated carbocycles. The Labute approximate surface area is 76.5 Å². The van der Waals surface area contributed by atoms with Crippen molar-refractivity contribution in [1.29, 1.82) is 0 Å². The van der Waals surface area contributed by atoms with E-state index in [0.717, 1.165) is 18.3 Å². The molecule has 0 radical (unpaired) electrons. The topological polar surface area (TPSA) is 9.23 Å². The first-order valence-corrected chi connectivity index (χ1v) is 5.23. The van der Waals surface area contributed by atoms with Crippen LogP contribution in [-0.2, 0) is 4.74 Å². The van der Waals surface area contributed by atoms with Crippen LogP contribution in [0.15, 0.2) is 0 Å². The normalized spacial score (nSPS) is 49.2. The van der Waals surface area contributed by atoms with Crippen LogP contribution in [0.3, 0.4) is 0 Å². The first-order valence-electron chi connectivity index (χ1n) is 5.23. The summed E-state index contributed by atoms with van der Waals surface area (Å²) < 4.78 is 5.93. The van der Waals surface area contributed by atoms with E-state index in [2.05, 4.69) is 34.6 Å². The predicted octanol–water partition coefficient (Wildman–Crippen LogP) is 3.09. The largest absolute Gasteiger partial charge is 0.375 e. The van der Waals surface area contributed by atoms with Crippen molar-refractivity contribution in [1.82, 2.24) is 0 Å². The third-order valence-electron chi connectivity index (χ3n) is 3.78. The molecule has 1 nitrogen and oxygen atoms in total. The fourth-order valence-corrected chi connectivity index (χ4v) is 2.24. The summed E-state index contributed by atoms with van der Waals surface area (Å²) in [7, 11) is 0. The maximum absolute atomic E-state index is 5.93. The minimum absolute atomic E-state index is 0.446. The van der Waals surface area contributed by atoms with Gasteiger partial charge < -0.3 is 4.74 Å². The summed E-state index contributed by atoms with van der Waals surface area (Å²) in [6.45, 7) is 11.4. The van der Waals surface area contributed by atoms with Crippen molar-refractivity contribution in [3.63, 3.8) is 0 Å². The van der Waals surface area contributed by atoms with Crippen LogP contribution in [0.4, 0.5) is 0 Å². The second-order valence-corrected chi connectivity index (χ2v) is 4.37. The molecule has 1 saturated heterocycles. The Bertz CT molecular complexity index is 139. The SMILES string of the molecule is CCC1O[C@@H](C)C(C)[C@H](C)[C@@H]1C. The Morgan fingerprint density at radius 3 is 2.00 bits per heavy atom. The molecule has 12 heavy (non-hydrogen) atoms. The summed E-state index contributed by atoms with van der Waals surface area (Å²) in [5, 5.41) is 0. The lowest BCUT2D eigenvalue weighted by molar-refractivity contribution is -0.125. The molecule has 0 N–H and O–H groups in total. The quantitative estimate of drug-likeness (QED) is 0.587. The molecule has 0 spiro atoms. The van der Waals surface area contributed by atoms with E-state index in [1.165, 1.54) is 0 Å². The summed E-state index contributed by atoms with van der Waals surface area (Å²) in [5.74, 6) is 2.24. The average molecular weight is 170 g/mol. The minimum atomic E-state index is 0.446. The molecule has 0 bridgehead atoms. The molecule has 0 aliphatic carbocycles. The highest BCUT2D eigenvalue weighted by Crippen LogP contribution is 2.35. The van der Waals surface area contributed by atoms with Gasteiger partial charge in [-0.3, -0.25) is 0 Å². The Morgan fingerprint density at radius 1 is 0.917 bits per heavy atom. The lowest BCUT2D eigenvalue weighted by Gasteiger charge is -2.42. The van der Waals surface area contributed by atoms with E-state index < -0.39 is 0 Å². The van der Waals surface area contributed by atoms with Crippen LogP contribution >= 0.6 is 0 Å². The summed E-state index contributed by atoms with van der Waals surface area (Å²) in [6.07, 6.45) is 2.09. The second-order valence-electron chi connectivity index (χ2n) is 4.37. The van der Waals surface area contributed by atoms with Gasteiger partial charge in [0.25, 0.3) is 0 Å². The molecule has 1 fully saturated rings. The smallest absolute Gasteiger partial charge is 0.0604 e. The summed E-state index contributed by atoms with van der Waals surface area (Å²) in [5.41, 5.74) is 0. The molecular formula is C11H22O. The predicted molar refractivity (Wildman–Crippen MR) is 52.1 cm³/mol. The molecule has 0 aromatic rings. The molecule has 0 amide bonds. The van der Waals surface area contributed by atoms with Gasteiger partial charge in [0.2, 0.25) is 0 Å². The summed E-state index contributed by atoms with van der Waals surface area (Å²) >= 11 is 0. The van der Waals surface area contributed by atoms with Gasteiger partial charge in [0.15, 0.2) is 0 Å². The third kappa shape index (κ3) is 1.66. The molecule has 1 heterocycles. The maximum Gasteiger partial charge on any atom is 0.0604 e. The van der Waals surface area contributed by atoms with E-state index in [1.54, 1.807) is 0 Å². The zero-order valence-corrected chi connectivity index (χ0v) is 9.00. The van der Waals surface area contributed by atoms with Crippen LogP contribution < -0.4 is 0 Å². The van der Waals surface area contributed by atoms with Gasteiger partial charge in [-0.15, -0.1) is 0 Å². The van der Waals surface area contributed by atoms with Crippen molar-refractivity contribution in [2.24, 2.45) is 17.8 Å². The van der Waals surface area contributed by atoms with Crippen molar-refractivity contribution < 1.29 is 4.74 Å². The Hall–Kier alpha value is -0.0400.